The highest BCUT2D eigenvalue weighted by molar-refractivity contribution is 7.85. The molecule has 2 heterocycles. The molecule has 1 fully saturated rings. The Morgan fingerprint density at radius 1 is 0.976 bits per heavy atom. The lowest BCUT2D eigenvalue weighted by atomic mass is 9.97. The number of halogens is 4. The largest absolute Gasteiger partial charge is 0.744 e. The summed E-state index contributed by atoms with van der Waals surface area (Å²) in [6.07, 6.45) is 1.89. The maximum atomic E-state index is 12.0. The Bertz CT molecular complexity index is 1650. The minimum Gasteiger partial charge on any atom is -0.744 e. The minimum atomic E-state index is -4.68. The van der Waals surface area contributed by atoms with Crippen LogP contribution in [0.5, 0.6) is 0 Å². The van der Waals surface area contributed by atoms with Crippen LogP contribution in [0.4, 0.5) is 18.9 Å². The number of fused-ring (bicyclic) bond motifs is 1. The molecule has 0 amide bonds. The summed E-state index contributed by atoms with van der Waals surface area (Å²) < 4.78 is 69.2. The van der Waals surface area contributed by atoms with E-state index in [-0.39, 0.29) is 0 Å². The first-order chi connectivity index (χ1) is 19.8. The van der Waals surface area contributed by atoms with Gasteiger partial charge < -0.3 is 14.6 Å². The molecule has 0 aliphatic carbocycles. The zero-order valence-electron chi connectivity index (χ0n) is 22.8. The monoisotopic (exact) mass is 618 g/mol. The zero-order chi connectivity index (χ0) is 30.5. The second-order valence-corrected chi connectivity index (χ2v) is 11.9. The molecule has 1 aromatic heterocycles. The summed E-state index contributed by atoms with van der Waals surface area (Å²) >= 11 is 6.16. The molecule has 1 saturated heterocycles. The predicted molar refractivity (Wildman–Crippen MR) is 157 cm³/mol. The van der Waals surface area contributed by atoms with Gasteiger partial charge in [0.2, 0.25) is 11.2 Å². The smallest absolute Gasteiger partial charge is 0.416 e. The lowest BCUT2D eigenvalue weighted by Gasteiger charge is -2.32. The fourth-order valence-electron chi connectivity index (χ4n) is 4.70. The van der Waals surface area contributed by atoms with Gasteiger partial charge in [-0.3, -0.25) is 0 Å². The molecule has 0 radical (unpaired) electrons. The van der Waals surface area contributed by atoms with Crippen LogP contribution < -0.4 is 9.47 Å². The Labute approximate surface area is 248 Å². The van der Waals surface area contributed by atoms with Crippen molar-refractivity contribution < 1.29 is 35.8 Å². The van der Waals surface area contributed by atoms with E-state index in [1.807, 2.05) is 18.2 Å². The average Bonchev–Trinajstić information content (AvgIpc) is 2.97. The van der Waals surface area contributed by atoms with Gasteiger partial charge in [-0.1, -0.05) is 23.7 Å². The van der Waals surface area contributed by atoms with Gasteiger partial charge >= 0.3 is 6.18 Å². The molecule has 0 atom stereocenters. The van der Waals surface area contributed by atoms with E-state index in [0.29, 0.717) is 36.8 Å². The van der Waals surface area contributed by atoms with Gasteiger partial charge in [0.05, 0.1) is 10.5 Å². The maximum absolute atomic E-state index is 12.0. The summed E-state index contributed by atoms with van der Waals surface area (Å²) in [5, 5.41) is 11.2. The Balaban J connectivity index is 0.000000244. The summed E-state index contributed by atoms with van der Waals surface area (Å²) in [6.45, 7) is 2.36. The fourth-order valence-corrected chi connectivity index (χ4v) is 5.34. The highest BCUT2D eigenvalue weighted by Crippen LogP contribution is 2.29. The molecule has 1 aliphatic rings. The number of benzene rings is 3. The third-order valence-electron chi connectivity index (χ3n) is 7.22. The molecule has 1 aliphatic heterocycles. The first kappa shape index (κ1) is 31.5. The first-order valence-electron chi connectivity index (χ1n) is 13.2. The van der Waals surface area contributed by atoms with Crippen molar-refractivity contribution in [1.29, 1.82) is 0 Å². The normalized spacial score (nSPS) is 14.7. The van der Waals surface area contributed by atoms with Crippen molar-refractivity contribution in [2.75, 3.05) is 24.6 Å². The second-order valence-electron chi connectivity index (χ2n) is 10.0. The summed E-state index contributed by atoms with van der Waals surface area (Å²) in [4.78, 5) is 1.73. The van der Waals surface area contributed by atoms with Crippen molar-refractivity contribution in [3.8, 4) is 0 Å². The number of rotatable bonds is 5. The highest BCUT2D eigenvalue weighted by Gasteiger charge is 2.30. The molecule has 0 saturated carbocycles. The van der Waals surface area contributed by atoms with E-state index in [2.05, 4.69) is 65.1 Å². The Hall–Kier alpha value is -3.44. The Morgan fingerprint density at radius 2 is 1.60 bits per heavy atom. The van der Waals surface area contributed by atoms with Gasteiger partial charge in [0.1, 0.15) is 17.2 Å². The van der Waals surface area contributed by atoms with E-state index in [1.54, 1.807) is 0 Å². The number of alkyl halides is 3. The van der Waals surface area contributed by atoms with Gasteiger partial charge in [-0.25, -0.2) is 8.42 Å². The molecule has 4 aromatic rings. The molecule has 0 unspecified atom stereocenters. The SMILES string of the molecule is C[n+]1c(C=Cc2ccc(N3CCC(CO)CC3)cc2)ccc2ccc(Cl)cc21.O=S(=O)([O-])c1ccc(C(F)(F)F)cc1. The summed E-state index contributed by atoms with van der Waals surface area (Å²) in [5.74, 6) is 0.469. The van der Waals surface area contributed by atoms with Crippen LogP contribution in [0, 0.1) is 5.92 Å². The number of anilines is 1. The molecule has 6 nitrogen and oxygen atoms in total. The van der Waals surface area contributed by atoms with E-state index in [1.165, 1.54) is 16.6 Å². The van der Waals surface area contributed by atoms with E-state index in [4.69, 9.17) is 11.6 Å². The van der Waals surface area contributed by atoms with Crippen LogP contribution in [-0.4, -0.2) is 37.8 Å². The van der Waals surface area contributed by atoms with E-state index in [9.17, 15) is 31.2 Å². The zero-order valence-corrected chi connectivity index (χ0v) is 24.3. The van der Waals surface area contributed by atoms with Crippen molar-refractivity contribution in [1.82, 2.24) is 0 Å². The van der Waals surface area contributed by atoms with Crippen molar-refractivity contribution in [2.24, 2.45) is 13.0 Å². The number of aryl methyl sites for hydroxylation is 1. The van der Waals surface area contributed by atoms with Crippen molar-refractivity contribution in [3.63, 3.8) is 0 Å². The molecule has 1 N–H and O–H groups in total. The number of piperidine rings is 1. The molecule has 42 heavy (non-hydrogen) atoms. The third kappa shape index (κ3) is 8.10. The third-order valence-corrected chi connectivity index (χ3v) is 8.31. The summed E-state index contributed by atoms with van der Waals surface area (Å²) in [7, 11) is -2.62. The van der Waals surface area contributed by atoms with Gasteiger partial charge in [-0.2, -0.15) is 17.7 Å². The molecule has 11 heteroatoms. The molecular formula is C31H30ClF3N2O4S. The number of hydrogen-bond donors (Lipinski definition) is 1. The van der Waals surface area contributed by atoms with E-state index < -0.39 is 26.8 Å². The first-order valence-corrected chi connectivity index (χ1v) is 15.0. The molecule has 0 bridgehead atoms. The Kier molecular flexibility index (Phi) is 9.93. The van der Waals surface area contributed by atoms with Crippen molar-refractivity contribution >= 4 is 50.5 Å². The van der Waals surface area contributed by atoms with Crippen LogP contribution in [-0.2, 0) is 23.3 Å². The van der Waals surface area contributed by atoms with Gasteiger partial charge in [0.15, 0.2) is 0 Å². The quantitative estimate of drug-likeness (QED) is 0.209. The lowest BCUT2D eigenvalue weighted by Crippen LogP contribution is -2.34. The van der Waals surface area contributed by atoms with Crippen LogP contribution in [0.25, 0.3) is 23.1 Å². The van der Waals surface area contributed by atoms with E-state index in [0.717, 1.165) is 42.2 Å². The van der Waals surface area contributed by atoms with Crippen LogP contribution in [0.2, 0.25) is 5.02 Å². The predicted octanol–water partition coefficient (Wildman–Crippen LogP) is 6.31. The molecule has 222 valence electrons. The number of pyridine rings is 1. The fraction of sp³-hybridized carbons (Fsp3) is 0.258. The standard InChI is InChI=1S/C24H26ClN2O.C7H5F3O3S/c1-26-22(11-6-20-5-7-21(25)16-24(20)26)8-2-18-3-9-23(10-4-18)27-14-12-19(17-28)13-15-27;8-7(9,10)5-1-3-6(4-2-5)14(11,12)13/h2-11,16,19,28H,12-15,17H2,1H3;1-4H,(H,11,12,13)/q+1;/p-1. The highest BCUT2D eigenvalue weighted by atomic mass is 35.5. The van der Waals surface area contributed by atoms with Crippen LogP contribution in [0.3, 0.4) is 0 Å². The second kappa shape index (κ2) is 13.2. The number of hydrogen-bond acceptors (Lipinski definition) is 5. The summed E-state index contributed by atoms with van der Waals surface area (Å²) in [6, 6.07) is 21.3. The van der Waals surface area contributed by atoms with Gasteiger partial charge in [-0.05, 0) is 85.0 Å². The average molecular weight is 619 g/mol. The number of aromatic nitrogens is 1. The maximum Gasteiger partial charge on any atom is 0.416 e. The molecule has 3 aromatic carbocycles. The molecule has 5 rings (SSSR count). The van der Waals surface area contributed by atoms with Crippen LogP contribution in [0.1, 0.15) is 29.7 Å². The van der Waals surface area contributed by atoms with Gasteiger partial charge in [0, 0.05) is 54.0 Å². The van der Waals surface area contributed by atoms with Gasteiger partial charge in [-0.15, -0.1) is 0 Å². The van der Waals surface area contributed by atoms with Crippen molar-refractivity contribution in [3.05, 3.63) is 101 Å². The lowest BCUT2D eigenvalue weighted by molar-refractivity contribution is -0.646. The number of aliphatic hydroxyl groups is 1. The van der Waals surface area contributed by atoms with Gasteiger partial charge in [0.25, 0.3) is 0 Å². The molecular weight excluding hydrogens is 589 g/mol. The topological polar surface area (TPSA) is 84.5 Å². The molecule has 0 spiro atoms. The number of aliphatic hydroxyl groups excluding tert-OH is 1. The Morgan fingerprint density at radius 3 is 2.17 bits per heavy atom. The van der Waals surface area contributed by atoms with E-state index >= 15 is 0 Å². The minimum absolute atomic E-state index is 0.315. The number of nitrogens with zero attached hydrogens (tertiary/aromatic N) is 2. The van der Waals surface area contributed by atoms with Crippen molar-refractivity contribution in [2.45, 2.75) is 23.9 Å². The van der Waals surface area contributed by atoms with Crippen LogP contribution >= 0.6 is 11.6 Å². The van der Waals surface area contributed by atoms with Crippen LogP contribution in [0.15, 0.2) is 83.8 Å². The summed E-state index contributed by atoms with van der Waals surface area (Å²) in [5.41, 5.74) is 3.70.